The van der Waals surface area contributed by atoms with Crippen LogP contribution in [0, 0.1) is 20.8 Å². The van der Waals surface area contributed by atoms with Crippen molar-refractivity contribution in [2.75, 3.05) is 13.7 Å². The highest BCUT2D eigenvalue weighted by Crippen LogP contribution is 2.41. The normalized spacial score (nSPS) is 11.4. The van der Waals surface area contributed by atoms with Crippen LogP contribution in [0.15, 0.2) is 37.4 Å². The summed E-state index contributed by atoms with van der Waals surface area (Å²) in [4.78, 5) is 0. The van der Waals surface area contributed by atoms with Crippen LogP contribution in [0.5, 0.6) is 28.7 Å². The van der Waals surface area contributed by atoms with Gasteiger partial charge in [-0.25, -0.2) is 0 Å². The van der Waals surface area contributed by atoms with E-state index in [0.717, 1.165) is 5.56 Å². The number of hydrogen-bond donors (Lipinski definition) is 9. The number of rotatable bonds is 5. The smallest absolute Gasteiger partial charge is 0.351 e. The van der Waals surface area contributed by atoms with Crippen LogP contribution < -0.4 is 20.9 Å². The van der Waals surface area contributed by atoms with Crippen LogP contribution in [-0.2, 0) is 0 Å². The number of para-hydroxylation sites is 2. The van der Waals surface area contributed by atoms with Gasteiger partial charge in [-0.15, -0.1) is 13.2 Å². The van der Waals surface area contributed by atoms with Gasteiger partial charge in [-0.2, -0.15) is 0 Å². The van der Waals surface area contributed by atoms with Gasteiger partial charge in [-0.05, 0) is 56.5 Å². The van der Waals surface area contributed by atoms with Crippen molar-refractivity contribution in [2.45, 2.75) is 66.3 Å². The minimum Gasteiger partial charge on any atom is -0.504 e. The summed E-state index contributed by atoms with van der Waals surface area (Å²) in [6.45, 7) is 16.6. The Hall–Kier alpha value is -3.06. The van der Waals surface area contributed by atoms with Gasteiger partial charge in [0.05, 0.1) is 13.3 Å². The molecule has 2 aromatic carbocycles. The number of methoxy groups -OCH3 is 1. The summed E-state index contributed by atoms with van der Waals surface area (Å²) < 4.78 is 9.78. The zero-order valence-corrected chi connectivity index (χ0v) is 22.9. The highest BCUT2D eigenvalue weighted by molar-refractivity contribution is 5.60. The van der Waals surface area contributed by atoms with Crippen molar-refractivity contribution in [2.24, 2.45) is 11.5 Å². The molecule has 0 aliphatic heterocycles. The summed E-state index contributed by atoms with van der Waals surface area (Å²) in [5.41, 5.74) is 11.8. The van der Waals surface area contributed by atoms with E-state index in [0.29, 0.717) is 16.9 Å². The van der Waals surface area contributed by atoms with Crippen molar-refractivity contribution >= 4 is 0 Å². The van der Waals surface area contributed by atoms with Crippen molar-refractivity contribution in [1.82, 2.24) is 0 Å². The molecule has 11 nitrogen and oxygen atoms in total. The summed E-state index contributed by atoms with van der Waals surface area (Å²) in [6.07, 6.45) is -1.03. The standard InChI is InChI=1S/C10H15NO5.C9H12O3.C3H8.C2H7NO.C2H4/c1-15-7-4-2-3-5-8(7)16-10(13,14)9(12)6-11;1-4-5(2)7(10)9(12)8(11)6(4)3;1-3-2;1-2(3)4;1-2/h2-5,9,12-14H,6,11H2,1H3;10-12H,1-3H3;3H2,1-2H3;2,4H,3H2,1H3;1-2H2. The molecule has 0 radical (unpaired) electrons. The first-order valence-electron chi connectivity index (χ1n) is 11.4. The van der Waals surface area contributed by atoms with Gasteiger partial charge in [0.2, 0.25) is 5.75 Å². The minimum absolute atomic E-state index is 0.0995. The molecule has 0 bridgehead atoms. The van der Waals surface area contributed by atoms with Gasteiger partial charge in [0.25, 0.3) is 0 Å². The van der Waals surface area contributed by atoms with Crippen LogP contribution in [-0.4, -0.2) is 67.7 Å². The fourth-order valence-electron chi connectivity index (χ4n) is 2.19. The molecule has 11 N–H and O–H groups in total. The Morgan fingerprint density at radius 3 is 1.54 bits per heavy atom. The maximum Gasteiger partial charge on any atom is 0.351 e. The van der Waals surface area contributed by atoms with Gasteiger partial charge in [-0.3, -0.25) is 0 Å². The van der Waals surface area contributed by atoms with E-state index in [4.69, 9.17) is 20.3 Å². The van der Waals surface area contributed by atoms with Crippen LogP contribution in [0.3, 0.4) is 0 Å². The lowest BCUT2D eigenvalue weighted by atomic mass is 10.0. The molecule has 0 saturated heterocycles. The molecule has 214 valence electrons. The molecule has 2 rings (SSSR count). The second-order valence-corrected chi connectivity index (χ2v) is 7.53. The molecule has 2 unspecified atom stereocenters. The first-order chi connectivity index (χ1) is 17.1. The Morgan fingerprint density at radius 2 is 1.22 bits per heavy atom. The molecule has 11 heteroatoms. The Kier molecular flexibility index (Phi) is 20.8. The highest BCUT2D eigenvalue weighted by Gasteiger charge is 2.35. The van der Waals surface area contributed by atoms with E-state index in [9.17, 15) is 30.6 Å². The van der Waals surface area contributed by atoms with E-state index >= 15 is 0 Å². The quantitative estimate of drug-likeness (QED) is 0.155. The fraction of sp³-hybridized carbons (Fsp3) is 0.462. The van der Waals surface area contributed by atoms with Gasteiger partial charge < -0.3 is 56.7 Å². The second kappa shape index (κ2) is 20.0. The van der Waals surface area contributed by atoms with E-state index in [1.54, 1.807) is 39.0 Å². The van der Waals surface area contributed by atoms with Gasteiger partial charge in [-0.1, -0.05) is 32.4 Å². The number of hydrogen-bond acceptors (Lipinski definition) is 11. The largest absolute Gasteiger partial charge is 0.504 e. The van der Waals surface area contributed by atoms with E-state index in [-0.39, 0.29) is 23.8 Å². The fourth-order valence-corrected chi connectivity index (χ4v) is 2.19. The predicted molar refractivity (Wildman–Crippen MR) is 145 cm³/mol. The summed E-state index contributed by atoms with van der Waals surface area (Å²) in [5.74, 6) is -3.24. The van der Waals surface area contributed by atoms with E-state index in [1.807, 2.05) is 0 Å². The number of benzene rings is 2. The summed E-state index contributed by atoms with van der Waals surface area (Å²) in [6, 6.07) is 6.38. The third-order valence-corrected chi connectivity index (χ3v) is 4.27. The van der Waals surface area contributed by atoms with Gasteiger partial charge in [0.1, 0.15) is 0 Å². The van der Waals surface area contributed by atoms with Crippen molar-refractivity contribution in [1.29, 1.82) is 0 Å². The molecule has 37 heavy (non-hydrogen) atoms. The Balaban J connectivity index is -0.000000483. The summed E-state index contributed by atoms with van der Waals surface area (Å²) in [5, 5.41) is 63.6. The Bertz CT molecular complexity index is 783. The zero-order chi connectivity index (χ0) is 29.9. The van der Waals surface area contributed by atoms with Gasteiger partial charge in [0.15, 0.2) is 29.1 Å². The van der Waals surface area contributed by atoms with Crippen LogP contribution in [0.1, 0.15) is 43.9 Å². The lowest BCUT2D eigenvalue weighted by Gasteiger charge is -2.27. The summed E-state index contributed by atoms with van der Waals surface area (Å²) in [7, 11) is 1.41. The van der Waals surface area contributed by atoms with E-state index in [1.165, 1.54) is 26.5 Å². The summed E-state index contributed by atoms with van der Waals surface area (Å²) >= 11 is 0. The number of nitrogens with two attached hydrogens (primary N) is 2. The topological polar surface area (TPSA) is 212 Å². The van der Waals surface area contributed by atoms with Crippen LogP contribution in [0.25, 0.3) is 0 Å². The molecule has 0 aliphatic carbocycles. The van der Waals surface area contributed by atoms with Crippen LogP contribution >= 0.6 is 0 Å². The monoisotopic (exact) mass is 530 g/mol. The molecule has 0 saturated carbocycles. The molecule has 2 aromatic rings. The third-order valence-electron chi connectivity index (χ3n) is 4.27. The maximum atomic E-state index is 9.40. The van der Waals surface area contributed by atoms with E-state index < -0.39 is 24.1 Å². The zero-order valence-electron chi connectivity index (χ0n) is 22.9. The number of aliphatic hydroxyl groups excluding tert-OH is 2. The van der Waals surface area contributed by atoms with Crippen LogP contribution in [0.4, 0.5) is 0 Å². The number of ether oxygens (including phenoxy) is 2. The van der Waals surface area contributed by atoms with Crippen LogP contribution in [0.2, 0.25) is 0 Å². The SMILES string of the molecule is C=C.CC(N)O.CCC.COc1ccccc1OC(O)(O)C(O)CN.Cc1c(C)c(O)c(O)c(O)c1C. The van der Waals surface area contributed by atoms with Crippen molar-refractivity contribution in [3.05, 3.63) is 54.1 Å². The number of phenols is 3. The molecule has 0 aromatic heterocycles. The molecule has 0 heterocycles. The minimum atomic E-state index is -2.75. The van der Waals surface area contributed by atoms with Crippen molar-refractivity contribution < 1.29 is 45.2 Å². The lowest BCUT2D eigenvalue weighted by molar-refractivity contribution is -0.335. The van der Waals surface area contributed by atoms with Crippen molar-refractivity contribution in [3.8, 4) is 28.7 Å². The lowest BCUT2D eigenvalue weighted by Crippen LogP contribution is -2.51. The van der Waals surface area contributed by atoms with Crippen molar-refractivity contribution in [3.63, 3.8) is 0 Å². The molecular formula is C26H46N2O9. The molecule has 0 fully saturated rings. The number of phenolic OH excluding ortho intramolecular Hbond substituents is 3. The van der Waals surface area contributed by atoms with Gasteiger partial charge >= 0.3 is 5.97 Å². The van der Waals surface area contributed by atoms with E-state index in [2.05, 4.69) is 32.7 Å². The number of aliphatic hydroxyl groups is 4. The average molecular weight is 531 g/mol. The highest BCUT2D eigenvalue weighted by atomic mass is 16.8. The average Bonchev–Trinajstić information content (AvgIpc) is 2.86. The third kappa shape index (κ3) is 14.3. The maximum absolute atomic E-state index is 9.40. The predicted octanol–water partition coefficient (Wildman–Crippen LogP) is 2.26. The first-order valence-corrected chi connectivity index (χ1v) is 11.4. The number of aromatic hydroxyl groups is 3. The first kappa shape index (κ1) is 38.5. The Morgan fingerprint density at radius 1 is 0.865 bits per heavy atom. The molecule has 0 spiro atoms. The molecular weight excluding hydrogens is 484 g/mol. The van der Waals surface area contributed by atoms with Gasteiger partial charge in [0, 0.05) is 6.54 Å². The molecule has 2 atom stereocenters. The second-order valence-electron chi connectivity index (χ2n) is 7.53. The Labute approximate surface area is 219 Å². The molecule has 0 aliphatic rings. The molecule has 0 amide bonds.